The summed E-state index contributed by atoms with van der Waals surface area (Å²) in [6.07, 6.45) is 9.08. The van der Waals surface area contributed by atoms with Crippen molar-refractivity contribution in [3.63, 3.8) is 0 Å². The molecule has 22 heavy (non-hydrogen) atoms. The van der Waals surface area contributed by atoms with Gasteiger partial charge in [0, 0.05) is 6.61 Å². The van der Waals surface area contributed by atoms with Crippen molar-refractivity contribution in [3.8, 4) is 0 Å². The van der Waals surface area contributed by atoms with Crippen LogP contribution in [0.2, 0.25) is 0 Å². The maximum Gasteiger partial charge on any atom is 0.114 e. The second kappa shape index (κ2) is 12.0. The molecule has 0 aliphatic carbocycles. The molecule has 4 atom stereocenters. The standard InChI is InChI=1S/C17H32O5/c1-2-3-4-5-6-7-8-9-10-11-21-12-15(19)17-16(20)14(18)13-22-17/h2-3,14-20H,4-13H2,1H3/b3-2+/t14-,15+,16+,17+/m1/s1. The molecule has 0 amide bonds. The van der Waals surface area contributed by atoms with Gasteiger partial charge in [0.15, 0.2) is 0 Å². The lowest BCUT2D eigenvalue weighted by molar-refractivity contribution is -0.0813. The van der Waals surface area contributed by atoms with E-state index < -0.39 is 24.4 Å². The Morgan fingerprint density at radius 2 is 1.82 bits per heavy atom. The highest BCUT2D eigenvalue weighted by Gasteiger charge is 2.39. The first-order valence-electron chi connectivity index (χ1n) is 8.51. The minimum absolute atomic E-state index is 0.0664. The normalized spacial score (nSPS) is 26.8. The molecule has 1 saturated heterocycles. The molecule has 5 heteroatoms. The molecule has 5 nitrogen and oxygen atoms in total. The number of hydrogen-bond acceptors (Lipinski definition) is 5. The van der Waals surface area contributed by atoms with Crippen molar-refractivity contribution < 1.29 is 24.8 Å². The second-order valence-corrected chi connectivity index (χ2v) is 5.98. The maximum absolute atomic E-state index is 9.85. The molecule has 0 radical (unpaired) electrons. The van der Waals surface area contributed by atoms with Gasteiger partial charge >= 0.3 is 0 Å². The molecular weight excluding hydrogens is 284 g/mol. The van der Waals surface area contributed by atoms with Gasteiger partial charge in [-0.1, -0.05) is 37.8 Å². The van der Waals surface area contributed by atoms with Crippen LogP contribution in [0.15, 0.2) is 12.2 Å². The van der Waals surface area contributed by atoms with E-state index in [9.17, 15) is 15.3 Å². The fraction of sp³-hybridized carbons (Fsp3) is 0.882. The van der Waals surface area contributed by atoms with Gasteiger partial charge in [0.2, 0.25) is 0 Å². The minimum Gasteiger partial charge on any atom is -0.388 e. The molecule has 130 valence electrons. The SMILES string of the molecule is C/C=C/CCCCCCCCOC[C@H](O)[C@@H]1OC[C@@H](O)[C@@H]1O. The Morgan fingerprint density at radius 3 is 2.45 bits per heavy atom. The molecule has 0 spiro atoms. The third-order valence-electron chi connectivity index (χ3n) is 4.00. The molecule has 1 aliphatic rings. The third kappa shape index (κ3) is 7.70. The van der Waals surface area contributed by atoms with Crippen molar-refractivity contribution in [2.75, 3.05) is 19.8 Å². The molecule has 1 aliphatic heterocycles. The number of ether oxygens (including phenoxy) is 2. The van der Waals surface area contributed by atoms with Gasteiger partial charge in [-0.05, 0) is 26.2 Å². The van der Waals surface area contributed by atoms with E-state index >= 15 is 0 Å². The van der Waals surface area contributed by atoms with E-state index in [0.717, 1.165) is 12.8 Å². The lowest BCUT2D eigenvalue weighted by Crippen LogP contribution is -2.40. The van der Waals surface area contributed by atoms with Crippen LogP contribution in [-0.2, 0) is 9.47 Å². The van der Waals surface area contributed by atoms with E-state index in [1.54, 1.807) is 0 Å². The van der Waals surface area contributed by atoms with Crippen LogP contribution in [0.25, 0.3) is 0 Å². The number of unbranched alkanes of at least 4 members (excludes halogenated alkanes) is 6. The fourth-order valence-corrected chi connectivity index (χ4v) is 2.60. The molecule has 3 N–H and O–H groups in total. The van der Waals surface area contributed by atoms with Crippen LogP contribution in [0.3, 0.4) is 0 Å². The molecule has 0 aromatic carbocycles. The average Bonchev–Trinajstić information content (AvgIpc) is 2.84. The summed E-state index contributed by atoms with van der Waals surface area (Å²) in [6.45, 7) is 2.87. The number of aliphatic hydroxyl groups excluding tert-OH is 3. The molecular formula is C17H32O5. The molecule has 0 saturated carbocycles. The summed E-state index contributed by atoms with van der Waals surface area (Å²) < 4.78 is 10.6. The average molecular weight is 316 g/mol. The van der Waals surface area contributed by atoms with Crippen LogP contribution < -0.4 is 0 Å². The summed E-state index contributed by atoms with van der Waals surface area (Å²) in [5.41, 5.74) is 0. The highest BCUT2D eigenvalue weighted by Crippen LogP contribution is 2.17. The Balaban J connectivity index is 1.89. The monoisotopic (exact) mass is 316 g/mol. The Bertz CT molecular complexity index is 295. The maximum atomic E-state index is 9.85. The summed E-state index contributed by atoms with van der Waals surface area (Å²) >= 11 is 0. The Morgan fingerprint density at radius 1 is 1.14 bits per heavy atom. The van der Waals surface area contributed by atoms with E-state index in [-0.39, 0.29) is 13.2 Å². The predicted octanol–water partition coefficient (Wildman–Crippen LogP) is 1.79. The van der Waals surface area contributed by atoms with Crippen molar-refractivity contribution >= 4 is 0 Å². The van der Waals surface area contributed by atoms with Crippen LogP contribution in [-0.4, -0.2) is 59.6 Å². The molecule has 0 unspecified atom stereocenters. The van der Waals surface area contributed by atoms with Crippen LogP contribution in [0.1, 0.15) is 51.9 Å². The van der Waals surface area contributed by atoms with Crippen LogP contribution in [0, 0.1) is 0 Å². The van der Waals surface area contributed by atoms with Gasteiger partial charge < -0.3 is 24.8 Å². The highest BCUT2D eigenvalue weighted by atomic mass is 16.5. The molecule has 0 aromatic heterocycles. The van der Waals surface area contributed by atoms with Crippen molar-refractivity contribution in [1.29, 1.82) is 0 Å². The topological polar surface area (TPSA) is 79.2 Å². The first-order valence-corrected chi connectivity index (χ1v) is 8.51. The zero-order chi connectivity index (χ0) is 16.2. The van der Waals surface area contributed by atoms with Crippen LogP contribution in [0.4, 0.5) is 0 Å². The van der Waals surface area contributed by atoms with E-state index in [0.29, 0.717) is 6.61 Å². The molecule has 0 bridgehead atoms. The van der Waals surface area contributed by atoms with E-state index in [2.05, 4.69) is 19.1 Å². The summed E-state index contributed by atoms with van der Waals surface area (Å²) in [6, 6.07) is 0. The smallest absolute Gasteiger partial charge is 0.114 e. The largest absolute Gasteiger partial charge is 0.388 e. The number of allylic oxidation sites excluding steroid dienone is 2. The van der Waals surface area contributed by atoms with Crippen molar-refractivity contribution in [2.24, 2.45) is 0 Å². The van der Waals surface area contributed by atoms with Gasteiger partial charge in [0.05, 0.1) is 13.2 Å². The Hall–Kier alpha value is -0.460. The van der Waals surface area contributed by atoms with Crippen molar-refractivity contribution in [1.82, 2.24) is 0 Å². The summed E-state index contributed by atoms with van der Waals surface area (Å²) in [5, 5.41) is 28.8. The van der Waals surface area contributed by atoms with Gasteiger partial charge in [0.25, 0.3) is 0 Å². The zero-order valence-corrected chi connectivity index (χ0v) is 13.7. The van der Waals surface area contributed by atoms with Crippen molar-refractivity contribution in [3.05, 3.63) is 12.2 Å². The Labute approximate surface area is 133 Å². The van der Waals surface area contributed by atoms with Gasteiger partial charge in [-0.2, -0.15) is 0 Å². The highest BCUT2D eigenvalue weighted by molar-refractivity contribution is 4.87. The summed E-state index contributed by atoms with van der Waals surface area (Å²) in [4.78, 5) is 0. The fourth-order valence-electron chi connectivity index (χ4n) is 2.60. The first-order chi connectivity index (χ1) is 10.7. The first kappa shape index (κ1) is 19.6. The predicted molar refractivity (Wildman–Crippen MR) is 85.7 cm³/mol. The van der Waals surface area contributed by atoms with E-state index in [1.165, 1.54) is 32.1 Å². The third-order valence-corrected chi connectivity index (χ3v) is 4.00. The van der Waals surface area contributed by atoms with E-state index in [1.807, 2.05) is 0 Å². The lowest BCUT2D eigenvalue weighted by atomic mass is 10.1. The minimum atomic E-state index is -1.03. The number of rotatable bonds is 12. The van der Waals surface area contributed by atoms with Crippen LogP contribution >= 0.6 is 0 Å². The Kier molecular flexibility index (Phi) is 10.7. The van der Waals surface area contributed by atoms with Gasteiger partial charge in [-0.15, -0.1) is 0 Å². The summed E-state index contributed by atoms with van der Waals surface area (Å²) in [7, 11) is 0. The van der Waals surface area contributed by atoms with Crippen molar-refractivity contribution in [2.45, 2.75) is 76.3 Å². The van der Waals surface area contributed by atoms with Gasteiger partial charge in [0.1, 0.15) is 24.4 Å². The van der Waals surface area contributed by atoms with Crippen LogP contribution in [0.5, 0.6) is 0 Å². The van der Waals surface area contributed by atoms with Gasteiger partial charge in [-0.3, -0.25) is 0 Å². The molecule has 1 fully saturated rings. The second-order valence-electron chi connectivity index (χ2n) is 5.98. The number of aliphatic hydroxyl groups is 3. The zero-order valence-electron chi connectivity index (χ0n) is 13.7. The number of hydrogen-bond donors (Lipinski definition) is 3. The molecule has 1 rings (SSSR count). The van der Waals surface area contributed by atoms with E-state index in [4.69, 9.17) is 9.47 Å². The van der Waals surface area contributed by atoms with Gasteiger partial charge in [-0.25, -0.2) is 0 Å². The molecule has 0 aromatic rings. The molecule has 1 heterocycles. The summed E-state index contributed by atoms with van der Waals surface area (Å²) in [5.74, 6) is 0. The quantitative estimate of drug-likeness (QED) is 0.378. The lowest BCUT2D eigenvalue weighted by Gasteiger charge is -2.20.